The van der Waals surface area contributed by atoms with Crippen LogP contribution in [0.25, 0.3) is 0 Å². The second-order valence-corrected chi connectivity index (χ2v) is 4.80. The lowest BCUT2D eigenvalue weighted by Gasteiger charge is -2.30. The van der Waals surface area contributed by atoms with Crippen LogP contribution >= 0.6 is 0 Å². The Morgan fingerprint density at radius 1 is 1.38 bits per heavy atom. The van der Waals surface area contributed by atoms with Gasteiger partial charge in [-0.05, 0) is 46.6 Å². The van der Waals surface area contributed by atoms with Gasteiger partial charge in [-0.3, -0.25) is 4.79 Å². The molecule has 0 spiro atoms. The van der Waals surface area contributed by atoms with E-state index in [2.05, 4.69) is 22.0 Å². The van der Waals surface area contributed by atoms with Crippen LogP contribution in [0.4, 0.5) is 0 Å². The first-order valence-electron chi connectivity index (χ1n) is 6.28. The molecule has 1 rings (SSSR count). The summed E-state index contributed by atoms with van der Waals surface area (Å²) in [6.07, 6.45) is 2.03. The molecule has 0 saturated carbocycles. The van der Waals surface area contributed by atoms with Gasteiger partial charge >= 0.3 is 0 Å². The van der Waals surface area contributed by atoms with Gasteiger partial charge in [0.25, 0.3) is 0 Å². The minimum Gasteiger partial charge on any atom is -0.355 e. The summed E-state index contributed by atoms with van der Waals surface area (Å²) >= 11 is 0. The fourth-order valence-corrected chi connectivity index (χ4v) is 2.06. The van der Waals surface area contributed by atoms with E-state index in [1.807, 2.05) is 14.1 Å². The molecule has 1 aliphatic rings. The lowest BCUT2D eigenvalue weighted by molar-refractivity contribution is -0.126. The Kier molecular flexibility index (Phi) is 5.77. The Labute approximate surface area is 99.0 Å². The molecule has 0 aromatic heterocycles. The highest BCUT2D eigenvalue weighted by Gasteiger charge is 2.23. The van der Waals surface area contributed by atoms with Crippen LogP contribution < -0.4 is 5.32 Å². The fourth-order valence-electron chi connectivity index (χ4n) is 2.06. The Balaban J connectivity index is 2.18. The third-order valence-electron chi connectivity index (χ3n) is 3.26. The number of carbonyl (C=O) groups is 1. The molecule has 94 valence electrons. The van der Waals surface area contributed by atoms with Crippen LogP contribution in [0.15, 0.2) is 0 Å². The van der Waals surface area contributed by atoms with Crippen molar-refractivity contribution in [3.63, 3.8) is 0 Å². The number of likely N-dealkylation sites (tertiary alicyclic amines) is 1. The van der Waals surface area contributed by atoms with Gasteiger partial charge in [-0.15, -0.1) is 0 Å². The number of nitrogens with one attached hydrogen (secondary N) is 1. The predicted molar refractivity (Wildman–Crippen MR) is 66.4 cm³/mol. The molecule has 1 aliphatic heterocycles. The molecular weight excluding hydrogens is 202 g/mol. The second kappa shape index (κ2) is 6.86. The summed E-state index contributed by atoms with van der Waals surface area (Å²) in [4.78, 5) is 16.3. The van der Waals surface area contributed by atoms with Crippen molar-refractivity contribution >= 4 is 5.91 Å². The summed E-state index contributed by atoms with van der Waals surface area (Å²) in [6.45, 7) is 7.11. The van der Waals surface area contributed by atoms with Crippen molar-refractivity contribution in [1.29, 1.82) is 0 Å². The highest BCUT2D eigenvalue weighted by Crippen LogP contribution is 2.16. The number of nitrogens with zero attached hydrogens (tertiary/aromatic N) is 2. The van der Waals surface area contributed by atoms with Crippen molar-refractivity contribution in [3.8, 4) is 0 Å². The van der Waals surface area contributed by atoms with Gasteiger partial charge in [-0.1, -0.05) is 6.92 Å². The Morgan fingerprint density at radius 2 is 2.00 bits per heavy atom. The SMILES string of the molecule is CCN1CCC(C(=O)NCCN(C)C)CC1. The van der Waals surface area contributed by atoms with Gasteiger partial charge in [0.15, 0.2) is 0 Å². The summed E-state index contributed by atoms with van der Waals surface area (Å²) in [7, 11) is 4.04. The molecule has 1 N–H and O–H groups in total. The zero-order valence-corrected chi connectivity index (χ0v) is 10.8. The van der Waals surface area contributed by atoms with Crippen LogP contribution in [0, 0.1) is 5.92 Å². The van der Waals surface area contributed by atoms with Gasteiger partial charge in [0.1, 0.15) is 0 Å². The van der Waals surface area contributed by atoms with Crippen molar-refractivity contribution in [2.24, 2.45) is 5.92 Å². The third-order valence-corrected chi connectivity index (χ3v) is 3.26. The third kappa shape index (κ3) is 4.49. The van der Waals surface area contributed by atoms with E-state index in [1.165, 1.54) is 0 Å². The van der Waals surface area contributed by atoms with Crippen LogP contribution in [-0.4, -0.2) is 62.5 Å². The molecule has 0 aliphatic carbocycles. The van der Waals surface area contributed by atoms with Gasteiger partial charge in [0, 0.05) is 19.0 Å². The number of amides is 1. The quantitative estimate of drug-likeness (QED) is 0.738. The molecule has 4 heteroatoms. The first-order valence-corrected chi connectivity index (χ1v) is 6.28. The average Bonchev–Trinajstić information content (AvgIpc) is 2.28. The Morgan fingerprint density at radius 3 is 2.50 bits per heavy atom. The van der Waals surface area contributed by atoms with E-state index in [0.29, 0.717) is 0 Å². The lowest BCUT2D eigenvalue weighted by atomic mass is 9.96. The van der Waals surface area contributed by atoms with Gasteiger partial charge < -0.3 is 15.1 Å². The molecule has 0 bridgehead atoms. The maximum absolute atomic E-state index is 11.8. The molecule has 0 aromatic rings. The van der Waals surface area contributed by atoms with Crippen molar-refractivity contribution in [2.75, 3.05) is 46.8 Å². The molecule has 0 atom stereocenters. The summed E-state index contributed by atoms with van der Waals surface area (Å²) in [5, 5.41) is 3.02. The Bertz CT molecular complexity index is 210. The number of piperidine rings is 1. The fraction of sp³-hybridized carbons (Fsp3) is 0.917. The van der Waals surface area contributed by atoms with E-state index in [9.17, 15) is 4.79 Å². The van der Waals surface area contributed by atoms with Gasteiger partial charge in [-0.2, -0.15) is 0 Å². The number of rotatable bonds is 5. The molecule has 1 saturated heterocycles. The molecular formula is C12H25N3O. The molecule has 1 amide bonds. The molecule has 1 fully saturated rings. The summed E-state index contributed by atoms with van der Waals surface area (Å²) in [5.41, 5.74) is 0. The zero-order chi connectivity index (χ0) is 12.0. The van der Waals surface area contributed by atoms with Crippen LogP contribution in [0.3, 0.4) is 0 Å². The monoisotopic (exact) mass is 227 g/mol. The van der Waals surface area contributed by atoms with Crippen LogP contribution in [0.2, 0.25) is 0 Å². The van der Waals surface area contributed by atoms with E-state index < -0.39 is 0 Å². The molecule has 1 heterocycles. The number of hydrogen-bond acceptors (Lipinski definition) is 3. The number of hydrogen-bond donors (Lipinski definition) is 1. The molecule has 0 radical (unpaired) electrons. The van der Waals surface area contributed by atoms with E-state index in [-0.39, 0.29) is 11.8 Å². The number of carbonyl (C=O) groups excluding carboxylic acids is 1. The molecule has 4 nitrogen and oxygen atoms in total. The van der Waals surface area contributed by atoms with Gasteiger partial charge in [0.05, 0.1) is 0 Å². The Hall–Kier alpha value is -0.610. The van der Waals surface area contributed by atoms with E-state index in [1.54, 1.807) is 0 Å². The van der Waals surface area contributed by atoms with Crippen LogP contribution in [0.5, 0.6) is 0 Å². The minimum atomic E-state index is 0.241. The van der Waals surface area contributed by atoms with E-state index in [4.69, 9.17) is 0 Å². The highest BCUT2D eigenvalue weighted by atomic mass is 16.1. The first kappa shape index (κ1) is 13.5. The maximum Gasteiger partial charge on any atom is 0.223 e. The molecule has 16 heavy (non-hydrogen) atoms. The lowest BCUT2D eigenvalue weighted by Crippen LogP contribution is -2.41. The van der Waals surface area contributed by atoms with E-state index in [0.717, 1.165) is 45.6 Å². The topological polar surface area (TPSA) is 35.6 Å². The largest absolute Gasteiger partial charge is 0.355 e. The summed E-state index contributed by atoms with van der Waals surface area (Å²) in [6, 6.07) is 0. The highest BCUT2D eigenvalue weighted by molar-refractivity contribution is 5.78. The van der Waals surface area contributed by atoms with Crippen molar-refractivity contribution in [1.82, 2.24) is 15.1 Å². The van der Waals surface area contributed by atoms with Gasteiger partial charge in [0.2, 0.25) is 5.91 Å². The van der Waals surface area contributed by atoms with Gasteiger partial charge in [-0.25, -0.2) is 0 Å². The number of likely N-dealkylation sites (N-methyl/N-ethyl adjacent to an activating group) is 1. The summed E-state index contributed by atoms with van der Waals surface area (Å²) < 4.78 is 0. The minimum absolute atomic E-state index is 0.241. The predicted octanol–water partition coefficient (Wildman–Crippen LogP) is 0.396. The van der Waals surface area contributed by atoms with Crippen LogP contribution in [0.1, 0.15) is 19.8 Å². The second-order valence-electron chi connectivity index (χ2n) is 4.80. The molecule has 0 aromatic carbocycles. The smallest absolute Gasteiger partial charge is 0.223 e. The summed E-state index contributed by atoms with van der Waals surface area (Å²) in [5.74, 6) is 0.488. The average molecular weight is 227 g/mol. The molecule has 0 unspecified atom stereocenters. The van der Waals surface area contributed by atoms with Crippen molar-refractivity contribution in [2.45, 2.75) is 19.8 Å². The van der Waals surface area contributed by atoms with Crippen molar-refractivity contribution < 1.29 is 4.79 Å². The van der Waals surface area contributed by atoms with Crippen molar-refractivity contribution in [3.05, 3.63) is 0 Å². The normalized spacial score (nSPS) is 19.0. The van der Waals surface area contributed by atoms with E-state index >= 15 is 0 Å². The standard InChI is InChI=1S/C12H25N3O/c1-4-15-8-5-11(6-9-15)12(16)13-7-10-14(2)3/h11H,4-10H2,1-3H3,(H,13,16). The first-order chi connectivity index (χ1) is 7.63. The van der Waals surface area contributed by atoms with Crippen LogP contribution in [-0.2, 0) is 4.79 Å². The zero-order valence-electron chi connectivity index (χ0n) is 10.8. The maximum atomic E-state index is 11.8.